The summed E-state index contributed by atoms with van der Waals surface area (Å²) in [6.45, 7) is 12.5. The van der Waals surface area contributed by atoms with E-state index in [1.807, 2.05) is 0 Å². The molecule has 1 heterocycles. The van der Waals surface area contributed by atoms with Gasteiger partial charge in [-0.2, -0.15) is 0 Å². The van der Waals surface area contributed by atoms with Crippen LogP contribution in [0.2, 0.25) is 0 Å². The zero-order valence-corrected chi connectivity index (χ0v) is 12.3. The van der Waals surface area contributed by atoms with Gasteiger partial charge in [0.1, 0.15) is 0 Å². The minimum atomic E-state index is 0.250. The first kappa shape index (κ1) is 14.9. The van der Waals surface area contributed by atoms with Crippen molar-refractivity contribution in [3.8, 4) is 0 Å². The van der Waals surface area contributed by atoms with E-state index in [4.69, 9.17) is 18.0 Å². The van der Waals surface area contributed by atoms with E-state index in [0.717, 1.165) is 32.1 Å². The summed E-state index contributed by atoms with van der Waals surface area (Å²) in [5.74, 6) is 0.819. The van der Waals surface area contributed by atoms with Crippen LogP contribution in [0.4, 0.5) is 0 Å². The molecule has 0 bridgehead atoms. The van der Waals surface area contributed by atoms with E-state index in [1.54, 1.807) is 0 Å². The number of hydrogen-bond donors (Lipinski definition) is 1. The van der Waals surface area contributed by atoms with Crippen molar-refractivity contribution in [2.75, 3.05) is 32.7 Å². The molecule has 0 amide bonds. The van der Waals surface area contributed by atoms with Crippen molar-refractivity contribution >= 4 is 17.2 Å². The lowest BCUT2D eigenvalue weighted by atomic mass is 10.1. The fourth-order valence-corrected chi connectivity index (χ4v) is 2.69. The quantitative estimate of drug-likeness (QED) is 0.734. The van der Waals surface area contributed by atoms with Gasteiger partial charge < -0.3 is 10.6 Å². The summed E-state index contributed by atoms with van der Waals surface area (Å²) in [5.41, 5.74) is 5.70. The van der Waals surface area contributed by atoms with Gasteiger partial charge in [-0.3, -0.25) is 4.90 Å². The van der Waals surface area contributed by atoms with Crippen molar-refractivity contribution in [3.05, 3.63) is 0 Å². The van der Waals surface area contributed by atoms with Gasteiger partial charge >= 0.3 is 0 Å². The van der Waals surface area contributed by atoms with Gasteiger partial charge in [0.05, 0.1) is 11.0 Å². The molecule has 17 heavy (non-hydrogen) atoms. The van der Waals surface area contributed by atoms with Gasteiger partial charge in [0, 0.05) is 32.7 Å². The van der Waals surface area contributed by atoms with Crippen molar-refractivity contribution in [2.45, 2.75) is 39.7 Å². The molecule has 4 heteroatoms. The zero-order valence-electron chi connectivity index (χ0n) is 11.5. The van der Waals surface area contributed by atoms with Crippen LogP contribution in [0.1, 0.15) is 33.6 Å². The lowest BCUT2D eigenvalue weighted by molar-refractivity contribution is 0.110. The van der Waals surface area contributed by atoms with Crippen LogP contribution < -0.4 is 5.73 Å². The largest absolute Gasteiger partial charge is 0.392 e. The van der Waals surface area contributed by atoms with Crippen LogP contribution in [0.3, 0.4) is 0 Å². The van der Waals surface area contributed by atoms with E-state index in [9.17, 15) is 0 Å². The van der Waals surface area contributed by atoms with Gasteiger partial charge in [-0.05, 0) is 19.3 Å². The maximum Gasteiger partial charge on any atom is 0.0899 e. The van der Waals surface area contributed by atoms with Crippen LogP contribution in [0, 0.1) is 5.92 Å². The molecule has 100 valence electrons. The van der Waals surface area contributed by atoms with Crippen LogP contribution in [0.25, 0.3) is 0 Å². The maximum atomic E-state index is 5.70. The van der Waals surface area contributed by atoms with Gasteiger partial charge in [0.25, 0.3) is 0 Å². The number of nitrogens with two attached hydrogens (primary N) is 1. The van der Waals surface area contributed by atoms with E-state index in [0.29, 0.717) is 4.99 Å². The third-order valence-corrected chi connectivity index (χ3v) is 4.06. The molecular formula is C13H27N3S. The van der Waals surface area contributed by atoms with Gasteiger partial charge in [-0.1, -0.05) is 32.5 Å². The van der Waals surface area contributed by atoms with Crippen molar-refractivity contribution in [1.82, 2.24) is 9.80 Å². The second kappa shape index (κ2) is 7.29. The zero-order chi connectivity index (χ0) is 12.8. The summed E-state index contributed by atoms with van der Waals surface area (Å²) in [5, 5.41) is 0. The summed E-state index contributed by atoms with van der Waals surface area (Å²) in [6.07, 6.45) is 2.63. The standard InChI is InChI=1S/C13H27N3S/c1-4-5-11(2)10-15-6-8-16(9-7-15)12(3)13(14)17/h11-12H,4-10H2,1-3H3,(H2,14,17). The fourth-order valence-electron chi connectivity index (χ4n) is 2.54. The molecular weight excluding hydrogens is 230 g/mol. The number of nitrogens with zero attached hydrogens (tertiary/aromatic N) is 2. The Balaban J connectivity index is 2.28. The van der Waals surface area contributed by atoms with Crippen LogP contribution in [-0.2, 0) is 0 Å². The molecule has 2 N–H and O–H groups in total. The smallest absolute Gasteiger partial charge is 0.0899 e. The summed E-state index contributed by atoms with van der Waals surface area (Å²) < 4.78 is 0. The Hall–Kier alpha value is -0.190. The molecule has 0 radical (unpaired) electrons. The number of thiocarbonyl (C=S) groups is 1. The Kier molecular flexibility index (Phi) is 6.38. The number of rotatable bonds is 6. The average Bonchev–Trinajstić information content (AvgIpc) is 2.29. The molecule has 1 saturated heterocycles. The highest BCUT2D eigenvalue weighted by atomic mass is 32.1. The van der Waals surface area contributed by atoms with E-state index < -0.39 is 0 Å². The molecule has 0 spiro atoms. The van der Waals surface area contributed by atoms with Crippen LogP contribution >= 0.6 is 12.2 Å². The summed E-state index contributed by atoms with van der Waals surface area (Å²) >= 11 is 5.06. The highest BCUT2D eigenvalue weighted by molar-refractivity contribution is 7.80. The van der Waals surface area contributed by atoms with Gasteiger partial charge in [0.2, 0.25) is 0 Å². The molecule has 2 atom stereocenters. The Morgan fingerprint density at radius 2 is 1.82 bits per heavy atom. The van der Waals surface area contributed by atoms with Gasteiger partial charge in [0.15, 0.2) is 0 Å². The lowest BCUT2D eigenvalue weighted by Crippen LogP contribution is -2.53. The van der Waals surface area contributed by atoms with Crippen molar-refractivity contribution < 1.29 is 0 Å². The second-order valence-corrected chi connectivity index (χ2v) is 5.78. The number of hydrogen-bond acceptors (Lipinski definition) is 3. The molecule has 0 saturated carbocycles. The minimum Gasteiger partial charge on any atom is -0.392 e. The minimum absolute atomic E-state index is 0.250. The van der Waals surface area contributed by atoms with E-state index >= 15 is 0 Å². The fraction of sp³-hybridized carbons (Fsp3) is 0.923. The summed E-state index contributed by atoms with van der Waals surface area (Å²) in [6, 6.07) is 0.250. The first-order valence-electron chi connectivity index (χ1n) is 6.80. The highest BCUT2D eigenvalue weighted by Crippen LogP contribution is 2.11. The molecule has 2 unspecified atom stereocenters. The number of piperazine rings is 1. The predicted molar refractivity (Wildman–Crippen MR) is 78.3 cm³/mol. The molecule has 1 aliphatic heterocycles. The Bertz CT molecular complexity index is 237. The third-order valence-electron chi connectivity index (χ3n) is 3.72. The SMILES string of the molecule is CCCC(C)CN1CCN(C(C)C(N)=S)CC1. The van der Waals surface area contributed by atoms with E-state index in [1.165, 1.54) is 19.4 Å². The van der Waals surface area contributed by atoms with Crippen LogP contribution in [0.15, 0.2) is 0 Å². The topological polar surface area (TPSA) is 32.5 Å². The molecule has 1 aliphatic rings. The monoisotopic (exact) mass is 257 g/mol. The maximum absolute atomic E-state index is 5.70. The Labute approximate surface area is 111 Å². The molecule has 1 rings (SSSR count). The predicted octanol–water partition coefficient (Wildman–Crippen LogP) is 1.71. The summed E-state index contributed by atoms with van der Waals surface area (Å²) in [4.78, 5) is 5.59. The molecule has 0 aromatic rings. The lowest BCUT2D eigenvalue weighted by Gasteiger charge is -2.38. The summed E-state index contributed by atoms with van der Waals surface area (Å²) in [7, 11) is 0. The van der Waals surface area contributed by atoms with Crippen LogP contribution in [-0.4, -0.2) is 53.6 Å². The first-order chi connectivity index (χ1) is 8.04. The van der Waals surface area contributed by atoms with Gasteiger partial charge in [-0.25, -0.2) is 0 Å². The molecule has 0 aliphatic carbocycles. The second-order valence-electron chi connectivity index (χ2n) is 5.31. The Morgan fingerprint density at radius 1 is 1.24 bits per heavy atom. The van der Waals surface area contributed by atoms with E-state index in [2.05, 4.69) is 30.6 Å². The highest BCUT2D eigenvalue weighted by Gasteiger charge is 2.22. The third kappa shape index (κ3) is 4.90. The van der Waals surface area contributed by atoms with Crippen molar-refractivity contribution in [1.29, 1.82) is 0 Å². The van der Waals surface area contributed by atoms with Crippen molar-refractivity contribution in [3.63, 3.8) is 0 Å². The Morgan fingerprint density at radius 3 is 2.29 bits per heavy atom. The first-order valence-corrected chi connectivity index (χ1v) is 7.21. The molecule has 0 aromatic heterocycles. The average molecular weight is 257 g/mol. The molecule has 1 fully saturated rings. The molecule has 3 nitrogen and oxygen atoms in total. The molecule has 0 aromatic carbocycles. The van der Waals surface area contributed by atoms with Crippen molar-refractivity contribution in [2.24, 2.45) is 11.7 Å². The van der Waals surface area contributed by atoms with Crippen LogP contribution in [0.5, 0.6) is 0 Å². The van der Waals surface area contributed by atoms with E-state index in [-0.39, 0.29) is 6.04 Å². The normalized spacial score (nSPS) is 22.3. The van der Waals surface area contributed by atoms with Gasteiger partial charge in [-0.15, -0.1) is 0 Å².